The molecule has 6 nitrogen and oxygen atoms in total. The Kier molecular flexibility index (Phi) is 5.12. The third-order valence-corrected chi connectivity index (χ3v) is 5.06. The number of hydrogen-bond acceptors (Lipinski definition) is 4. The van der Waals surface area contributed by atoms with E-state index in [1.807, 2.05) is 4.90 Å². The van der Waals surface area contributed by atoms with Crippen molar-refractivity contribution in [1.29, 1.82) is 0 Å². The summed E-state index contributed by atoms with van der Waals surface area (Å²) in [5.41, 5.74) is 2.68. The molecule has 1 aliphatic rings. The fraction of sp³-hybridized carbons (Fsp3) is 0.227. The van der Waals surface area contributed by atoms with Crippen LogP contribution in [0.15, 0.2) is 53.1 Å². The molecule has 1 fully saturated rings. The minimum Gasteiger partial charge on any atom is -0.350 e. The van der Waals surface area contributed by atoms with E-state index in [9.17, 15) is 14.0 Å². The Morgan fingerprint density at radius 3 is 2.62 bits per heavy atom. The zero-order chi connectivity index (χ0) is 20.4. The van der Waals surface area contributed by atoms with E-state index in [1.54, 1.807) is 37.3 Å². The van der Waals surface area contributed by atoms with Crippen LogP contribution < -0.4 is 5.32 Å². The molecule has 7 heteroatoms. The quantitative estimate of drug-likeness (QED) is 0.718. The Bertz CT molecular complexity index is 1070. The van der Waals surface area contributed by atoms with Crippen LogP contribution in [0.3, 0.4) is 0 Å². The third kappa shape index (κ3) is 3.89. The topological polar surface area (TPSA) is 75.4 Å². The Hall–Kier alpha value is -3.48. The van der Waals surface area contributed by atoms with Crippen LogP contribution in [-0.2, 0) is 0 Å². The Morgan fingerprint density at radius 1 is 1.10 bits per heavy atom. The lowest BCUT2D eigenvalue weighted by Crippen LogP contribution is -2.28. The largest absolute Gasteiger partial charge is 0.350 e. The van der Waals surface area contributed by atoms with Gasteiger partial charge in [0.05, 0.1) is 0 Å². The number of likely N-dealkylation sites (tertiary alicyclic amines) is 1. The number of hydrogen-bond donors (Lipinski definition) is 1. The highest BCUT2D eigenvalue weighted by Crippen LogP contribution is 2.24. The summed E-state index contributed by atoms with van der Waals surface area (Å²) < 4.78 is 18.5. The summed E-state index contributed by atoms with van der Waals surface area (Å²) in [7, 11) is 0. The second-order valence-electron chi connectivity index (χ2n) is 7.02. The van der Waals surface area contributed by atoms with Crippen molar-refractivity contribution in [1.82, 2.24) is 10.1 Å². The van der Waals surface area contributed by atoms with Crippen LogP contribution in [0.1, 0.15) is 39.3 Å². The lowest BCUT2D eigenvalue weighted by Gasteiger charge is -2.18. The maximum atomic E-state index is 13.4. The number of amides is 2. The summed E-state index contributed by atoms with van der Waals surface area (Å²) in [4.78, 5) is 27.1. The smallest absolute Gasteiger partial charge is 0.294 e. The molecule has 2 heterocycles. The number of carbonyl (C=O) groups excluding carboxylic acids is 2. The van der Waals surface area contributed by atoms with Gasteiger partial charge in [-0.3, -0.25) is 9.59 Å². The molecule has 0 radical (unpaired) electrons. The van der Waals surface area contributed by atoms with E-state index in [-0.39, 0.29) is 11.7 Å². The molecule has 0 aliphatic carbocycles. The number of anilines is 1. The first kappa shape index (κ1) is 18.9. The Morgan fingerprint density at radius 2 is 1.86 bits per heavy atom. The van der Waals surface area contributed by atoms with Crippen LogP contribution in [0.2, 0.25) is 0 Å². The van der Waals surface area contributed by atoms with Crippen LogP contribution in [0.4, 0.5) is 10.1 Å². The van der Waals surface area contributed by atoms with Crippen LogP contribution in [0.25, 0.3) is 11.3 Å². The van der Waals surface area contributed by atoms with Crippen LogP contribution in [0, 0.1) is 12.7 Å². The summed E-state index contributed by atoms with van der Waals surface area (Å²) in [5.74, 6) is -0.912. The molecule has 0 saturated carbocycles. The van der Waals surface area contributed by atoms with Gasteiger partial charge < -0.3 is 14.7 Å². The van der Waals surface area contributed by atoms with Gasteiger partial charge in [-0.15, -0.1) is 0 Å². The fourth-order valence-electron chi connectivity index (χ4n) is 3.44. The molecule has 3 aromatic rings. The average Bonchev–Trinajstić information content (AvgIpc) is 3.41. The maximum absolute atomic E-state index is 13.4. The molecular weight excluding hydrogens is 373 g/mol. The molecule has 29 heavy (non-hydrogen) atoms. The first-order valence-electron chi connectivity index (χ1n) is 9.46. The second kappa shape index (κ2) is 7.87. The average molecular weight is 393 g/mol. The standard InChI is InChI=1S/C22H20FN3O3/c1-14-17(22(28)26-10-2-3-11-26)8-5-9-18(14)24-21(27)20-13-19(25-29-20)15-6-4-7-16(23)12-15/h4-9,12-13H,2-3,10-11H2,1H3,(H,24,27). The van der Waals surface area contributed by atoms with Gasteiger partial charge in [-0.05, 0) is 49.6 Å². The van der Waals surface area contributed by atoms with Gasteiger partial charge in [-0.2, -0.15) is 0 Å². The summed E-state index contributed by atoms with van der Waals surface area (Å²) in [6.45, 7) is 3.32. The van der Waals surface area contributed by atoms with Crippen molar-refractivity contribution >= 4 is 17.5 Å². The molecule has 1 aromatic heterocycles. The molecule has 0 spiro atoms. The van der Waals surface area contributed by atoms with E-state index in [0.29, 0.717) is 28.1 Å². The number of nitrogens with one attached hydrogen (secondary N) is 1. The highest BCUT2D eigenvalue weighted by Gasteiger charge is 2.22. The highest BCUT2D eigenvalue weighted by molar-refractivity contribution is 6.05. The molecule has 1 aliphatic heterocycles. The maximum Gasteiger partial charge on any atom is 0.294 e. The van der Waals surface area contributed by atoms with Gasteiger partial charge in [-0.25, -0.2) is 4.39 Å². The molecule has 4 rings (SSSR count). The number of halogens is 1. The highest BCUT2D eigenvalue weighted by atomic mass is 19.1. The summed E-state index contributed by atoms with van der Waals surface area (Å²) >= 11 is 0. The van der Waals surface area contributed by atoms with Crippen molar-refractivity contribution in [3.8, 4) is 11.3 Å². The zero-order valence-corrected chi connectivity index (χ0v) is 15.9. The summed E-state index contributed by atoms with van der Waals surface area (Å²) in [6, 6.07) is 12.6. The van der Waals surface area contributed by atoms with E-state index in [0.717, 1.165) is 25.9 Å². The minimum absolute atomic E-state index is 0.0000614. The molecule has 1 saturated heterocycles. The van der Waals surface area contributed by atoms with Crippen LogP contribution in [0.5, 0.6) is 0 Å². The molecule has 0 unspecified atom stereocenters. The van der Waals surface area contributed by atoms with Gasteiger partial charge in [0.1, 0.15) is 11.5 Å². The fourth-order valence-corrected chi connectivity index (χ4v) is 3.44. The number of benzene rings is 2. The molecule has 1 N–H and O–H groups in total. The summed E-state index contributed by atoms with van der Waals surface area (Å²) in [5, 5.41) is 6.62. The van der Waals surface area contributed by atoms with Crippen molar-refractivity contribution in [2.45, 2.75) is 19.8 Å². The number of rotatable bonds is 4. The summed E-state index contributed by atoms with van der Waals surface area (Å²) in [6.07, 6.45) is 2.03. The lowest BCUT2D eigenvalue weighted by molar-refractivity contribution is 0.0791. The van der Waals surface area contributed by atoms with Crippen molar-refractivity contribution in [3.63, 3.8) is 0 Å². The second-order valence-corrected chi connectivity index (χ2v) is 7.02. The first-order chi connectivity index (χ1) is 14.0. The molecular formula is C22H20FN3O3. The molecule has 148 valence electrons. The first-order valence-corrected chi connectivity index (χ1v) is 9.46. The third-order valence-electron chi connectivity index (χ3n) is 5.06. The van der Waals surface area contributed by atoms with E-state index >= 15 is 0 Å². The van der Waals surface area contributed by atoms with E-state index in [4.69, 9.17) is 4.52 Å². The molecule has 2 aromatic carbocycles. The molecule has 0 bridgehead atoms. The van der Waals surface area contributed by atoms with Gasteiger partial charge in [-0.1, -0.05) is 23.4 Å². The van der Waals surface area contributed by atoms with E-state index < -0.39 is 11.7 Å². The van der Waals surface area contributed by atoms with E-state index in [1.165, 1.54) is 18.2 Å². The predicted molar refractivity (Wildman–Crippen MR) is 106 cm³/mol. The number of aromatic nitrogens is 1. The molecule has 2 amide bonds. The lowest BCUT2D eigenvalue weighted by atomic mass is 10.1. The SMILES string of the molecule is Cc1c(NC(=O)c2cc(-c3cccc(F)c3)no2)cccc1C(=O)N1CCCC1. The minimum atomic E-state index is -0.492. The van der Waals surface area contributed by atoms with E-state index in [2.05, 4.69) is 10.5 Å². The number of carbonyl (C=O) groups is 2. The Labute approximate surface area is 167 Å². The number of nitrogens with zero attached hydrogens (tertiary/aromatic N) is 2. The van der Waals surface area contributed by atoms with Gasteiger partial charge in [0.15, 0.2) is 0 Å². The normalized spacial score (nSPS) is 13.5. The van der Waals surface area contributed by atoms with Crippen molar-refractivity contribution < 1.29 is 18.5 Å². The van der Waals surface area contributed by atoms with Gasteiger partial charge in [0.25, 0.3) is 11.8 Å². The van der Waals surface area contributed by atoms with Gasteiger partial charge >= 0.3 is 0 Å². The monoisotopic (exact) mass is 393 g/mol. The van der Waals surface area contributed by atoms with Crippen LogP contribution in [-0.4, -0.2) is 35.0 Å². The Balaban J connectivity index is 1.53. The van der Waals surface area contributed by atoms with Crippen molar-refractivity contribution in [3.05, 3.63) is 71.2 Å². The van der Waals surface area contributed by atoms with Gasteiger partial charge in [0.2, 0.25) is 5.76 Å². The van der Waals surface area contributed by atoms with Crippen LogP contribution >= 0.6 is 0 Å². The van der Waals surface area contributed by atoms with Crippen molar-refractivity contribution in [2.75, 3.05) is 18.4 Å². The predicted octanol–water partition coefficient (Wildman–Crippen LogP) is 4.28. The van der Waals surface area contributed by atoms with Gasteiger partial charge in [0, 0.05) is 36.0 Å². The van der Waals surface area contributed by atoms with Crippen molar-refractivity contribution in [2.24, 2.45) is 0 Å². The zero-order valence-electron chi connectivity index (χ0n) is 15.9. The molecule has 0 atom stereocenters.